The highest BCUT2D eigenvalue weighted by Gasteiger charge is 2.17. The molecule has 1 aliphatic heterocycles. The van der Waals surface area contributed by atoms with E-state index in [1.165, 1.54) is 12.8 Å². The van der Waals surface area contributed by atoms with E-state index in [0.717, 1.165) is 42.1 Å². The molecule has 7 nitrogen and oxygen atoms in total. The Balaban J connectivity index is 1.44. The standard InChI is InChI=1S/C22H24N6O/c1-16-20(9-6-17-5-4-10-23-13-17)21(27-26-16)22(29)25-18-7-8-19(24-14-18)15-28-11-2-3-12-28/h4-10,13-14H,2-3,11-12,15H2,1H3,(H,25,29)(H,26,27). The first kappa shape index (κ1) is 19.0. The molecule has 4 rings (SSSR count). The summed E-state index contributed by atoms with van der Waals surface area (Å²) in [6, 6.07) is 7.68. The Kier molecular flexibility index (Phi) is 5.76. The second kappa shape index (κ2) is 8.79. The van der Waals surface area contributed by atoms with Gasteiger partial charge in [0.2, 0.25) is 0 Å². The van der Waals surface area contributed by atoms with E-state index < -0.39 is 0 Å². The molecular formula is C22H24N6O. The van der Waals surface area contributed by atoms with Crippen LogP contribution in [-0.4, -0.2) is 44.1 Å². The smallest absolute Gasteiger partial charge is 0.276 e. The van der Waals surface area contributed by atoms with E-state index in [1.807, 2.05) is 43.3 Å². The lowest BCUT2D eigenvalue weighted by atomic mass is 10.1. The largest absolute Gasteiger partial charge is 0.319 e. The minimum Gasteiger partial charge on any atom is -0.319 e. The van der Waals surface area contributed by atoms with E-state index in [2.05, 4.69) is 30.4 Å². The van der Waals surface area contributed by atoms with Crippen molar-refractivity contribution in [2.24, 2.45) is 0 Å². The summed E-state index contributed by atoms with van der Waals surface area (Å²) in [5.41, 5.74) is 4.56. The number of nitrogens with zero attached hydrogens (tertiary/aromatic N) is 4. The lowest BCUT2D eigenvalue weighted by Crippen LogP contribution is -2.19. The summed E-state index contributed by atoms with van der Waals surface area (Å²) in [6.07, 6.45) is 11.5. The van der Waals surface area contributed by atoms with Gasteiger partial charge in [0.25, 0.3) is 5.91 Å². The molecule has 0 aromatic carbocycles. The molecule has 1 amide bonds. The highest BCUT2D eigenvalue weighted by Crippen LogP contribution is 2.17. The first-order chi connectivity index (χ1) is 14.2. The number of aromatic nitrogens is 4. The number of likely N-dealkylation sites (tertiary alicyclic amines) is 1. The van der Waals surface area contributed by atoms with E-state index in [1.54, 1.807) is 18.6 Å². The van der Waals surface area contributed by atoms with Crippen molar-refractivity contribution in [3.8, 4) is 0 Å². The Morgan fingerprint density at radius 1 is 1.21 bits per heavy atom. The molecule has 0 radical (unpaired) electrons. The van der Waals surface area contributed by atoms with Gasteiger partial charge in [0, 0.05) is 30.2 Å². The van der Waals surface area contributed by atoms with Crippen molar-refractivity contribution in [1.29, 1.82) is 0 Å². The van der Waals surface area contributed by atoms with E-state index in [-0.39, 0.29) is 5.91 Å². The summed E-state index contributed by atoms with van der Waals surface area (Å²) in [7, 11) is 0. The van der Waals surface area contributed by atoms with Gasteiger partial charge in [0.15, 0.2) is 5.69 Å². The zero-order chi connectivity index (χ0) is 20.1. The number of hydrogen-bond acceptors (Lipinski definition) is 5. The number of amides is 1. The summed E-state index contributed by atoms with van der Waals surface area (Å²) in [4.78, 5) is 23.7. The van der Waals surface area contributed by atoms with E-state index >= 15 is 0 Å². The topological polar surface area (TPSA) is 86.8 Å². The minimum absolute atomic E-state index is 0.269. The summed E-state index contributed by atoms with van der Waals surface area (Å²) in [5, 5.41) is 9.96. The molecule has 0 spiro atoms. The average molecular weight is 388 g/mol. The number of anilines is 1. The van der Waals surface area contributed by atoms with Crippen LogP contribution in [0.1, 0.15) is 45.8 Å². The maximum absolute atomic E-state index is 12.7. The molecule has 3 aromatic rings. The van der Waals surface area contributed by atoms with Gasteiger partial charge in [-0.3, -0.25) is 24.8 Å². The zero-order valence-electron chi connectivity index (χ0n) is 16.4. The van der Waals surface area contributed by atoms with Crippen molar-refractivity contribution in [2.75, 3.05) is 18.4 Å². The van der Waals surface area contributed by atoms with Gasteiger partial charge in [-0.15, -0.1) is 0 Å². The Labute approximate surface area is 169 Å². The van der Waals surface area contributed by atoms with Gasteiger partial charge in [-0.05, 0) is 56.6 Å². The van der Waals surface area contributed by atoms with Gasteiger partial charge in [-0.1, -0.05) is 18.2 Å². The minimum atomic E-state index is -0.269. The summed E-state index contributed by atoms with van der Waals surface area (Å²) in [5.74, 6) is -0.269. The van der Waals surface area contributed by atoms with Crippen LogP contribution in [-0.2, 0) is 6.54 Å². The third-order valence-electron chi connectivity index (χ3n) is 5.00. The molecule has 1 saturated heterocycles. The molecule has 1 fully saturated rings. The molecule has 0 aliphatic carbocycles. The Morgan fingerprint density at radius 2 is 2.07 bits per heavy atom. The molecule has 0 saturated carbocycles. The maximum Gasteiger partial charge on any atom is 0.276 e. The molecule has 0 unspecified atom stereocenters. The highest BCUT2D eigenvalue weighted by molar-refractivity contribution is 6.05. The molecule has 4 heterocycles. The number of hydrogen-bond donors (Lipinski definition) is 2. The summed E-state index contributed by atoms with van der Waals surface area (Å²) >= 11 is 0. The van der Waals surface area contributed by atoms with Crippen molar-refractivity contribution >= 4 is 23.7 Å². The Hall–Kier alpha value is -3.32. The van der Waals surface area contributed by atoms with Crippen LogP contribution in [0.15, 0.2) is 42.9 Å². The molecule has 1 aliphatic rings. The van der Waals surface area contributed by atoms with Crippen LogP contribution in [0.25, 0.3) is 12.2 Å². The maximum atomic E-state index is 12.7. The van der Waals surface area contributed by atoms with Crippen LogP contribution in [0.4, 0.5) is 5.69 Å². The molecule has 0 atom stereocenters. The Morgan fingerprint density at radius 3 is 2.79 bits per heavy atom. The van der Waals surface area contributed by atoms with Crippen molar-refractivity contribution in [3.63, 3.8) is 0 Å². The number of rotatable bonds is 6. The predicted octanol–water partition coefficient (Wildman–Crippen LogP) is 3.53. The van der Waals surface area contributed by atoms with Gasteiger partial charge >= 0.3 is 0 Å². The van der Waals surface area contributed by atoms with Crippen LogP contribution in [0.2, 0.25) is 0 Å². The third kappa shape index (κ3) is 4.75. The van der Waals surface area contributed by atoms with Crippen molar-refractivity contribution in [2.45, 2.75) is 26.3 Å². The summed E-state index contributed by atoms with van der Waals surface area (Å²) in [6.45, 7) is 5.01. The quantitative estimate of drug-likeness (QED) is 0.675. The van der Waals surface area contributed by atoms with Crippen LogP contribution in [0.3, 0.4) is 0 Å². The number of aromatic amines is 1. The number of aryl methyl sites for hydroxylation is 1. The van der Waals surface area contributed by atoms with E-state index in [0.29, 0.717) is 11.4 Å². The van der Waals surface area contributed by atoms with Gasteiger partial charge in [0.05, 0.1) is 17.6 Å². The average Bonchev–Trinajstić information content (AvgIpc) is 3.38. The molecule has 3 aromatic heterocycles. The van der Waals surface area contributed by atoms with Crippen LogP contribution in [0.5, 0.6) is 0 Å². The lowest BCUT2D eigenvalue weighted by Gasteiger charge is -2.13. The molecule has 0 bridgehead atoms. The molecular weight excluding hydrogens is 364 g/mol. The third-order valence-corrected chi connectivity index (χ3v) is 5.00. The van der Waals surface area contributed by atoms with E-state index in [4.69, 9.17) is 0 Å². The molecule has 7 heteroatoms. The second-order valence-electron chi connectivity index (χ2n) is 7.21. The second-order valence-corrected chi connectivity index (χ2v) is 7.21. The van der Waals surface area contributed by atoms with E-state index in [9.17, 15) is 4.79 Å². The number of carbonyl (C=O) groups excluding carboxylic acids is 1. The van der Waals surface area contributed by atoms with Crippen molar-refractivity contribution in [1.82, 2.24) is 25.1 Å². The van der Waals surface area contributed by atoms with Crippen LogP contribution >= 0.6 is 0 Å². The number of H-pyrrole nitrogens is 1. The number of pyridine rings is 2. The normalized spacial score (nSPS) is 14.5. The fraction of sp³-hybridized carbons (Fsp3) is 0.273. The van der Waals surface area contributed by atoms with Crippen LogP contribution in [0, 0.1) is 6.92 Å². The Bertz CT molecular complexity index is 988. The fourth-order valence-corrected chi connectivity index (χ4v) is 3.42. The zero-order valence-corrected chi connectivity index (χ0v) is 16.4. The van der Waals surface area contributed by atoms with Crippen LogP contribution < -0.4 is 5.32 Å². The first-order valence-corrected chi connectivity index (χ1v) is 9.81. The monoisotopic (exact) mass is 388 g/mol. The van der Waals surface area contributed by atoms with Gasteiger partial charge in [0.1, 0.15) is 0 Å². The SMILES string of the molecule is Cc1[nH]nc(C(=O)Nc2ccc(CN3CCCC3)nc2)c1C=Cc1cccnc1. The molecule has 29 heavy (non-hydrogen) atoms. The number of carbonyl (C=O) groups is 1. The highest BCUT2D eigenvalue weighted by atomic mass is 16.1. The predicted molar refractivity (Wildman–Crippen MR) is 113 cm³/mol. The fourth-order valence-electron chi connectivity index (χ4n) is 3.42. The molecule has 2 N–H and O–H groups in total. The van der Waals surface area contributed by atoms with Crippen molar-refractivity contribution in [3.05, 3.63) is 71.1 Å². The van der Waals surface area contributed by atoms with Crippen molar-refractivity contribution < 1.29 is 4.79 Å². The summed E-state index contributed by atoms with van der Waals surface area (Å²) < 4.78 is 0. The first-order valence-electron chi connectivity index (χ1n) is 9.81. The van der Waals surface area contributed by atoms with Gasteiger partial charge in [-0.25, -0.2) is 0 Å². The van der Waals surface area contributed by atoms with Gasteiger partial charge in [-0.2, -0.15) is 5.10 Å². The number of nitrogens with one attached hydrogen (secondary N) is 2. The lowest BCUT2D eigenvalue weighted by molar-refractivity contribution is 0.102. The molecule has 148 valence electrons. The van der Waals surface area contributed by atoms with Gasteiger partial charge < -0.3 is 5.32 Å².